The second kappa shape index (κ2) is 5.15. The molecule has 1 fully saturated rings. The van der Waals surface area contributed by atoms with E-state index in [4.69, 9.17) is 11.0 Å². The molecule has 2 heterocycles. The van der Waals surface area contributed by atoms with Crippen molar-refractivity contribution in [1.82, 2.24) is 4.98 Å². The zero-order chi connectivity index (χ0) is 12.3. The van der Waals surface area contributed by atoms with Crippen molar-refractivity contribution in [2.24, 2.45) is 17.6 Å². The molecule has 0 aromatic carbocycles. The van der Waals surface area contributed by atoms with Crippen molar-refractivity contribution in [3.05, 3.63) is 24.0 Å². The minimum absolute atomic E-state index is 0.510. The third kappa shape index (κ3) is 2.40. The molecular formula is C13H18N4. The monoisotopic (exact) mass is 230 g/mol. The van der Waals surface area contributed by atoms with Crippen molar-refractivity contribution in [2.75, 3.05) is 24.5 Å². The van der Waals surface area contributed by atoms with Crippen LogP contribution in [0.3, 0.4) is 0 Å². The van der Waals surface area contributed by atoms with Gasteiger partial charge in [-0.1, -0.05) is 6.92 Å². The highest BCUT2D eigenvalue weighted by atomic mass is 15.1. The summed E-state index contributed by atoms with van der Waals surface area (Å²) < 4.78 is 0. The zero-order valence-corrected chi connectivity index (χ0v) is 10.1. The minimum Gasteiger partial charge on any atom is -0.369 e. The van der Waals surface area contributed by atoms with Crippen molar-refractivity contribution < 1.29 is 0 Å². The lowest BCUT2D eigenvalue weighted by molar-refractivity contribution is 0.307. The molecular weight excluding hydrogens is 212 g/mol. The molecule has 90 valence electrons. The number of rotatable bonds is 2. The van der Waals surface area contributed by atoms with Crippen LogP contribution in [0.5, 0.6) is 0 Å². The number of hydrogen-bond donors (Lipinski definition) is 1. The Morgan fingerprint density at radius 3 is 3.18 bits per heavy atom. The van der Waals surface area contributed by atoms with E-state index in [1.807, 2.05) is 0 Å². The number of aromatic nitrogens is 1. The SMILES string of the molecule is CC1CCN(c2cnccc2C#N)CC1CN. The second-order valence-corrected chi connectivity index (χ2v) is 4.71. The Morgan fingerprint density at radius 1 is 1.65 bits per heavy atom. The largest absolute Gasteiger partial charge is 0.369 e. The third-order valence-corrected chi connectivity index (χ3v) is 3.68. The van der Waals surface area contributed by atoms with Gasteiger partial charge in [-0.2, -0.15) is 5.26 Å². The summed E-state index contributed by atoms with van der Waals surface area (Å²) in [6.45, 7) is 4.87. The van der Waals surface area contributed by atoms with E-state index in [0.717, 1.165) is 25.2 Å². The molecule has 17 heavy (non-hydrogen) atoms. The van der Waals surface area contributed by atoms with E-state index in [2.05, 4.69) is 22.9 Å². The molecule has 2 N–H and O–H groups in total. The summed E-state index contributed by atoms with van der Waals surface area (Å²) >= 11 is 0. The second-order valence-electron chi connectivity index (χ2n) is 4.71. The molecule has 1 aromatic heterocycles. The molecule has 0 saturated carbocycles. The van der Waals surface area contributed by atoms with Gasteiger partial charge in [0.15, 0.2) is 0 Å². The first-order chi connectivity index (χ1) is 8.26. The van der Waals surface area contributed by atoms with E-state index in [1.54, 1.807) is 18.5 Å². The average Bonchev–Trinajstić information content (AvgIpc) is 2.39. The van der Waals surface area contributed by atoms with E-state index >= 15 is 0 Å². The molecule has 0 bridgehead atoms. The molecule has 2 rings (SSSR count). The molecule has 1 aliphatic heterocycles. The lowest BCUT2D eigenvalue weighted by atomic mass is 9.87. The number of hydrogen-bond acceptors (Lipinski definition) is 4. The summed E-state index contributed by atoms with van der Waals surface area (Å²) in [6, 6.07) is 3.99. The van der Waals surface area contributed by atoms with Crippen LogP contribution in [-0.2, 0) is 0 Å². The van der Waals surface area contributed by atoms with Crippen LogP contribution >= 0.6 is 0 Å². The predicted octanol–water partition coefficient (Wildman–Crippen LogP) is 1.37. The van der Waals surface area contributed by atoms with Crippen molar-refractivity contribution in [3.63, 3.8) is 0 Å². The standard InChI is InChI=1S/C13H18N4/c1-10-3-5-17(9-12(10)7-15)13-8-16-4-2-11(13)6-14/h2,4,8,10,12H,3,5,7,9,15H2,1H3. The first kappa shape index (κ1) is 11.9. The molecule has 0 amide bonds. The molecule has 0 spiro atoms. The van der Waals surface area contributed by atoms with Gasteiger partial charge in [0.25, 0.3) is 0 Å². The van der Waals surface area contributed by atoms with E-state index in [-0.39, 0.29) is 0 Å². The molecule has 1 saturated heterocycles. The van der Waals surface area contributed by atoms with Gasteiger partial charge in [0.2, 0.25) is 0 Å². The van der Waals surface area contributed by atoms with E-state index in [9.17, 15) is 0 Å². The summed E-state index contributed by atoms with van der Waals surface area (Å²) in [4.78, 5) is 6.35. The van der Waals surface area contributed by atoms with Gasteiger partial charge in [0.1, 0.15) is 6.07 Å². The molecule has 0 radical (unpaired) electrons. The van der Waals surface area contributed by atoms with E-state index < -0.39 is 0 Å². The van der Waals surface area contributed by atoms with Crippen LogP contribution in [0.2, 0.25) is 0 Å². The number of anilines is 1. The van der Waals surface area contributed by atoms with Gasteiger partial charge < -0.3 is 10.6 Å². The Labute approximate surface area is 102 Å². The summed E-state index contributed by atoms with van der Waals surface area (Å²) in [7, 11) is 0. The zero-order valence-electron chi connectivity index (χ0n) is 10.1. The Balaban J connectivity index is 2.21. The Kier molecular flexibility index (Phi) is 3.60. The van der Waals surface area contributed by atoms with Gasteiger partial charge in [0, 0.05) is 19.3 Å². The van der Waals surface area contributed by atoms with Crippen LogP contribution in [0.25, 0.3) is 0 Å². The Morgan fingerprint density at radius 2 is 2.47 bits per heavy atom. The molecule has 2 unspecified atom stereocenters. The van der Waals surface area contributed by atoms with Crippen LogP contribution in [-0.4, -0.2) is 24.6 Å². The number of nitrogens with zero attached hydrogens (tertiary/aromatic N) is 3. The van der Waals surface area contributed by atoms with Crippen LogP contribution in [0.15, 0.2) is 18.5 Å². The van der Waals surface area contributed by atoms with Crippen molar-refractivity contribution in [1.29, 1.82) is 5.26 Å². The summed E-state index contributed by atoms with van der Waals surface area (Å²) in [5.74, 6) is 1.17. The Bertz CT molecular complexity index is 424. The fourth-order valence-electron chi connectivity index (χ4n) is 2.41. The van der Waals surface area contributed by atoms with E-state index in [0.29, 0.717) is 23.9 Å². The maximum atomic E-state index is 9.10. The van der Waals surface area contributed by atoms with E-state index in [1.165, 1.54) is 0 Å². The van der Waals surface area contributed by atoms with Crippen LogP contribution in [0.1, 0.15) is 18.9 Å². The average molecular weight is 230 g/mol. The topological polar surface area (TPSA) is 65.9 Å². The first-order valence-corrected chi connectivity index (χ1v) is 6.05. The van der Waals surface area contributed by atoms with Crippen molar-refractivity contribution in [2.45, 2.75) is 13.3 Å². The predicted molar refractivity (Wildman–Crippen MR) is 67.5 cm³/mol. The van der Waals surface area contributed by atoms with Crippen molar-refractivity contribution >= 4 is 5.69 Å². The number of nitriles is 1. The first-order valence-electron chi connectivity index (χ1n) is 6.05. The highest BCUT2D eigenvalue weighted by molar-refractivity contribution is 5.57. The summed E-state index contributed by atoms with van der Waals surface area (Å²) in [5, 5.41) is 9.10. The smallest absolute Gasteiger partial charge is 0.101 e. The van der Waals surface area contributed by atoms with Crippen LogP contribution in [0.4, 0.5) is 5.69 Å². The van der Waals surface area contributed by atoms with Crippen LogP contribution < -0.4 is 10.6 Å². The van der Waals surface area contributed by atoms with Gasteiger partial charge in [-0.05, 0) is 30.9 Å². The summed E-state index contributed by atoms with van der Waals surface area (Å²) in [5.41, 5.74) is 7.44. The molecule has 1 aliphatic rings. The molecule has 2 atom stereocenters. The Hall–Kier alpha value is -1.60. The number of pyridine rings is 1. The fraction of sp³-hybridized carbons (Fsp3) is 0.538. The maximum absolute atomic E-state index is 9.10. The van der Waals surface area contributed by atoms with Gasteiger partial charge in [0.05, 0.1) is 17.4 Å². The fourth-order valence-corrected chi connectivity index (χ4v) is 2.41. The highest BCUT2D eigenvalue weighted by Gasteiger charge is 2.26. The highest BCUT2D eigenvalue weighted by Crippen LogP contribution is 2.28. The number of nitrogens with two attached hydrogens (primary N) is 1. The lowest BCUT2D eigenvalue weighted by Crippen LogP contribution is -2.43. The quantitative estimate of drug-likeness (QED) is 0.833. The van der Waals surface area contributed by atoms with Gasteiger partial charge in [-0.3, -0.25) is 4.98 Å². The summed E-state index contributed by atoms with van der Waals surface area (Å²) in [6.07, 6.45) is 4.57. The lowest BCUT2D eigenvalue weighted by Gasteiger charge is -2.38. The van der Waals surface area contributed by atoms with Gasteiger partial charge >= 0.3 is 0 Å². The normalized spacial score (nSPS) is 24.4. The van der Waals surface area contributed by atoms with Crippen molar-refractivity contribution in [3.8, 4) is 6.07 Å². The molecule has 4 nitrogen and oxygen atoms in total. The third-order valence-electron chi connectivity index (χ3n) is 3.68. The van der Waals surface area contributed by atoms with Gasteiger partial charge in [-0.25, -0.2) is 0 Å². The van der Waals surface area contributed by atoms with Crippen LogP contribution in [0, 0.1) is 23.2 Å². The minimum atomic E-state index is 0.510. The number of piperidine rings is 1. The van der Waals surface area contributed by atoms with Gasteiger partial charge in [-0.15, -0.1) is 0 Å². The molecule has 0 aliphatic carbocycles. The maximum Gasteiger partial charge on any atom is 0.101 e. The molecule has 4 heteroatoms. The molecule has 1 aromatic rings.